The molecule has 0 unspecified atom stereocenters. The summed E-state index contributed by atoms with van der Waals surface area (Å²) in [5.74, 6) is 1.03. The van der Waals surface area contributed by atoms with E-state index in [1.54, 1.807) is 0 Å². The number of carbonyl (C=O) groups excluding carboxylic acids is 1. The maximum Gasteiger partial charge on any atom is 0.407 e. The molecule has 0 saturated heterocycles. The summed E-state index contributed by atoms with van der Waals surface area (Å²) in [7, 11) is 0. The zero-order valence-corrected chi connectivity index (χ0v) is 15.1. The van der Waals surface area contributed by atoms with Crippen LogP contribution in [0.25, 0.3) is 0 Å². The molecule has 0 aliphatic rings. The molecule has 0 saturated carbocycles. The van der Waals surface area contributed by atoms with Crippen molar-refractivity contribution < 1.29 is 9.53 Å². The van der Waals surface area contributed by atoms with Gasteiger partial charge in [0.15, 0.2) is 0 Å². The van der Waals surface area contributed by atoms with Crippen molar-refractivity contribution in [2.45, 2.75) is 90.6 Å². The van der Waals surface area contributed by atoms with Gasteiger partial charge in [-0.05, 0) is 39.4 Å². The zero-order chi connectivity index (χ0) is 16.0. The van der Waals surface area contributed by atoms with Crippen LogP contribution in [0.3, 0.4) is 0 Å². The Morgan fingerprint density at radius 2 is 1.29 bits per heavy atom. The molecule has 1 N–H and O–H groups in total. The lowest BCUT2D eigenvalue weighted by Gasteiger charge is -2.19. The van der Waals surface area contributed by atoms with E-state index < -0.39 is 5.60 Å². The Kier molecular flexibility index (Phi) is 13.1. The third-order valence-electron chi connectivity index (χ3n) is 3.25. The highest BCUT2D eigenvalue weighted by molar-refractivity contribution is 7.80. The first kappa shape index (κ1) is 20.6. The summed E-state index contributed by atoms with van der Waals surface area (Å²) < 4.78 is 5.18. The third-order valence-corrected chi connectivity index (χ3v) is 3.57. The predicted octanol–water partition coefficient (Wildman–Crippen LogP) is 5.34. The van der Waals surface area contributed by atoms with Crippen molar-refractivity contribution in [3.8, 4) is 0 Å². The van der Waals surface area contributed by atoms with Crippen LogP contribution in [0.5, 0.6) is 0 Å². The van der Waals surface area contributed by atoms with Crippen LogP contribution < -0.4 is 5.32 Å². The second-order valence-electron chi connectivity index (χ2n) is 6.69. The van der Waals surface area contributed by atoms with Crippen LogP contribution in [0.2, 0.25) is 0 Å². The number of rotatable bonds is 12. The van der Waals surface area contributed by atoms with Gasteiger partial charge in [0.05, 0.1) is 0 Å². The summed E-state index contributed by atoms with van der Waals surface area (Å²) in [5.41, 5.74) is -0.406. The number of unbranched alkanes of at least 4 members (excludes halogenated alkanes) is 9. The molecule has 0 aromatic rings. The summed E-state index contributed by atoms with van der Waals surface area (Å²) in [6.07, 6.45) is 12.6. The van der Waals surface area contributed by atoms with E-state index in [4.69, 9.17) is 4.74 Å². The molecule has 0 spiro atoms. The zero-order valence-electron chi connectivity index (χ0n) is 14.2. The monoisotopic (exact) mass is 317 g/mol. The van der Waals surface area contributed by atoms with Gasteiger partial charge in [-0.15, -0.1) is 0 Å². The van der Waals surface area contributed by atoms with E-state index in [1.807, 2.05) is 20.8 Å². The van der Waals surface area contributed by atoms with E-state index in [0.29, 0.717) is 0 Å². The lowest BCUT2D eigenvalue weighted by molar-refractivity contribution is 0.0527. The Balaban J connectivity index is 3.17. The Morgan fingerprint density at radius 3 is 1.71 bits per heavy atom. The van der Waals surface area contributed by atoms with Crippen molar-refractivity contribution in [1.29, 1.82) is 0 Å². The van der Waals surface area contributed by atoms with Crippen molar-refractivity contribution >= 4 is 18.7 Å². The SMILES string of the molecule is CC(C)(C)OC(=O)NCCCCCCCCCCCCS. The van der Waals surface area contributed by atoms with E-state index in [9.17, 15) is 4.79 Å². The van der Waals surface area contributed by atoms with Crippen LogP contribution in [0.15, 0.2) is 0 Å². The molecule has 0 heterocycles. The van der Waals surface area contributed by atoms with Crippen molar-refractivity contribution in [2.75, 3.05) is 12.3 Å². The highest BCUT2D eigenvalue weighted by atomic mass is 32.1. The molecule has 0 atom stereocenters. The molecular weight excluding hydrogens is 282 g/mol. The van der Waals surface area contributed by atoms with E-state index in [-0.39, 0.29) is 6.09 Å². The minimum Gasteiger partial charge on any atom is -0.444 e. The molecule has 0 aromatic heterocycles. The summed E-state index contributed by atoms with van der Waals surface area (Å²) in [4.78, 5) is 11.4. The van der Waals surface area contributed by atoms with Gasteiger partial charge in [-0.25, -0.2) is 4.79 Å². The Labute approximate surface area is 137 Å². The quantitative estimate of drug-likeness (QED) is 0.376. The second-order valence-corrected chi connectivity index (χ2v) is 7.14. The minimum atomic E-state index is -0.406. The number of hydrogen-bond acceptors (Lipinski definition) is 3. The largest absolute Gasteiger partial charge is 0.444 e. The van der Waals surface area contributed by atoms with Crippen molar-refractivity contribution in [2.24, 2.45) is 0 Å². The van der Waals surface area contributed by atoms with Crippen molar-refractivity contribution in [3.63, 3.8) is 0 Å². The normalized spacial score (nSPS) is 11.4. The average molecular weight is 318 g/mol. The van der Waals surface area contributed by atoms with Crippen molar-refractivity contribution in [3.05, 3.63) is 0 Å². The minimum absolute atomic E-state index is 0.302. The molecule has 0 aliphatic carbocycles. The van der Waals surface area contributed by atoms with Gasteiger partial charge in [0.1, 0.15) is 5.60 Å². The summed E-state index contributed by atoms with van der Waals surface area (Å²) in [5, 5.41) is 2.80. The molecule has 1 amide bonds. The van der Waals surface area contributed by atoms with Gasteiger partial charge >= 0.3 is 6.09 Å². The van der Waals surface area contributed by atoms with Gasteiger partial charge in [0, 0.05) is 6.54 Å². The van der Waals surface area contributed by atoms with Crippen LogP contribution in [-0.4, -0.2) is 24.0 Å². The smallest absolute Gasteiger partial charge is 0.407 e. The number of alkyl carbamates (subject to hydrolysis) is 1. The van der Waals surface area contributed by atoms with Gasteiger partial charge in [0.2, 0.25) is 0 Å². The standard InChI is InChI=1S/C17H35NO2S/c1-17(2,3)20-16(19)18-14-12-10-8-6-4-5-7-9-11-13-15-21/h21H,4-15H2,1-3H3,(H,18,19). The average Bonchev–Trinajstić information content (AvgIpc) is 2.38. The van der Waals surface area contributed by atoms with Gasteiger partial charge < -0.3 is 10.1 Å². The van der Waals surface area contributed by atoms with Crippen LogP contribution >= 0.6 is 12.6 Å². The van der Waals surface area contributed by atoms with Crippen LogP contribution in [0.4, 0.5) is 4.79 Å². The number of nitrogens with one attached hydrogen (secondary N) is 1. The summed E-state index contributed by atoms with van der Waals surface area (Å²) in [6.45, 7) is 6.36. The second kappa shape index (κ2) is 13.3. The number of hydrogen-bond donors (Lipinski definition) is 2. The van der Waals surface area contributed by atoms with E-state index in [0.717, 1.165) is 18.7 Å². The first-order valence-corrected chi connectivity index (χ1v) is 9.16. The molecule has 0 rings (SSSR count). The molecule has 0 bridgehead atoms. The topological polar surface area (TPSA) is 38.3 Å². The molecule has 0 fully saturated rings. The molecular formula is C17H35NO2S. The lowest BCUT2D eigenvalue weighted by atomic mass is 10.1. The highest BCUT2D eigenvalue weighted by Crippen LogP contribution is 2.11. The van der Waals surface area contributed by atoms with Gasteiger partial charge in [-0.3, -0.25) is 0 Å². The predicted molar refractivity (Wildman–Crippen MR) is 94.3 cm³/mol. The maximum absolute atomic E-state index is 11.4. The molecule has 126 valence electrons. The fourth-order valence-corrected chi connectivity index (χ4v) is 2.38. The summed E-state index contributed by atoms with van der Waals surface area (Å²) >= 11 is 4.22. The Bertz CT molecular complexity index is 252. The molecule has 0 aromatic carbocycles. The maximum atomic E-state index is 11.4. The van der Waals surface area contributed by atoms with Gasteiger partial charge in [-0.2, -0.15) is 12.6 Å². The number of ether oxygens (including phenoxy) is 1. The molecule has 0 aliphatic heterocycles. The van der Waals surface area contributed by atoms with E-state index in [2.05, 4.69) is 17.9 Å². The van der Waals surface area contributed by atoms with Crippen molar-refractivity contribution in [1.82, 2.24) is 5.32 Å². The highest BCUT2D eigenvalue weighted by Gasteiger charge is 2.15. The fourth-order valence-electron chi connectivity index (χ4n) is 2.16. The van der Waals surface area contributed by atoms with Gasteiger partial charge in [0.25, 0.3) is 0 Å². The van der Waals surface area contributed by atoms with Crippen LogP contribution in [-0.2, 0) is 4.74 Å². The van der Waals surface area contributed by atoms with E-state index in [1.165, 1.54) is 57.8 Å². The fraction of sp³-hybridized carbons (Fsp3) is 0.941. The first-order valence-electron chi connectivity index (χ1n) is 8.53. The van der Waals surface area contributed by atoms with E-state index >= 15 is 0 Å². The molecule has 3 nitrogen and oxygen atoms in total. The Hall–Kier alpha value is -0.380. The molecule has 0 radical (unpaired) electrons. The van der Waals surface area contributed by atoms with Gasteiger partial charge in [-0.1, -0.05) is 51.4 Å². The number of amides is 1. The molecule has 4 heteroatoms. The van der Waals surface area contributed by atoms with Crippen LogP contribution in [0, 0.1) is 0 Å². The third kappa shape index (κ3) is 17.6. The van der Waals surface area contributed by atoms with Crippen LogP contribution in [0.1, 0.15) is 85.0 Å². The lowest BCUT2D eigenvalue weighted by Crippen LogP contribution is -2.32. The first-order chi connectivity index (χ1) is 9.95. The Morgan fingerprint density at radius 1 is 0.857 bits per heavy atom. The number of thiol groups is 1. The summed E-state index contributed by atoms with van der Waals surface area (Å²) in [6, 6.07) is 0. The molecule has 21 heavy (non-hydrogen) atoms. The number of carbonyl (C=O) groups is 1.